The van der Waals surface area contributed by atoms with Crippen LogP contribution in [0.2, 0.25) is 0 Å². The van der Waals surface area contributed by atoms with Gasteiger partial charge < -0.3 is 19.5 Å². The van der Waals surface area contributed by atoms with E-state index in [9.17, 15) is 0 Å². The number of rotatable bonds is 8. The van der Waals surface area contributed by atoms with Crippen molar-refractivity contribution in [1.29, 1.82) is 0 Å². The second kappa shape index (κ2) is 9.94. The lowest BCUT2D eigenvalue weighted by molar-refractivity contribution is 0.0357. The van der Waals surface area contributed by atoms with Gasteiger partial charge in [-0.05, 0) is 49.6 Å². The maximum absolute atomic E-state index is 6.10. The lowest BCUT2D eigenvalue weighted by Crippen LogP contribution is -2.37. The summed E-state index contributed by atoms with van der Waals surface area (Å²) in [4.78, 5) is 11.3. The zero-order chi connectivity index (χ0) is 21.6. The Labute approximate surface area is 183 Å². The molecule has 0 saturated carbocycles. The van der Waals surface area contributed by atoms with E-state index < -0.39 is 0 Å². The summed E-state index contributed by atoms with van der Waals surface area (Å²) in [6.45, 7) is 9.44. The highest BCUT2D eigenvalue weighted by molar-refractivity contribution is 5.93. The SMILES string of the molecule is COc1cc2ncnc(Nc3ccc(C)c(C)c3)c2cc1OCCCN1CCOCC1. The molecular weight excluding hydrogens is 392 g/mol. The predicted molar refractivity (Wildman–Crippen MR) is 123 cm³/mol. The molecule has 2 aromatic carbocycles. The monoisotopic (exact) mass is 422 g/mol. The zero-order valence-electron chi connectivity index (χ0n) is 18.5. The topological polar surface area (TPSA) is 68.7 Å². The van der Waals surface area contributed by atoms with Crippen molar-refractivity contribution in [3.05, 3.63) is 47.8 Å². The molecule has 0 amide bonds. The molecule has 1 aliphatic rings. The molecule has 3 aromatic rings. The molecule has 0 radical (unpaired) electrons. The summed E-state index contributed by atoms with van der Waals surface area (Å²) < 4.78 is 17.1. The van der Waals surface area contributed by atoms with Gasteiger partial charge in [-0.15, -0.1) is 0 Å². The van der Waals surface area contributed by atoms with Gasteiger partial charge in [0.15, 0.2) is 11.5 Å². The summed E-state index contributed by atoms with van der Waals surface area (Å²) in [5.74, 6) is 2.12. The Morgan fingerprint density at radius 3 is 2.65 bits per heavy atom. The summed E-state index contributed by atoms with van der Waals surface area (Å²) >= 11 is 0. The van der Waals surface area contributed by atoms with Crippen LogP contribution in [0.3, 0.4) is 0 Å². The van der Waals surface area contributed by atoms with E-state index in [-0.39, 0.29) is 0 Å². The van der Waals surface area contributed by atoms with Crippen LogP contribution in [-0.2, 0) is 4.74 Å². The number of ether oxygens (including phenoxy) is 3. The first kappa shape index (κ1) is 21.3. The van der Waals surface area contributed by atoms with Crippen LogP contribution in [0.15, 0.2) is 36.7 Å². The van der Waals surface area contributed by atoms with Gasteiger partial charge in [-0.25, -0.2) is 9.97 Å². The molecule has 0 bridgehead atoms. The van der Waals surface area contributed by atoms with E-state index in [4.69, 9.17) is 14.2 Å². The molecule has 0 atom stereocenters. The molecule has 1 aliphatic heterocycles. The Bertz CT molecular complexity index is 1030. The van der Waals surface area contributed by atoms with Gasteiger partial charge in [-0.3, -0.25) is 4.90 Å². The number of aromatic nitrogens is 2. The summed E-state index contributed by atoms with van der Waals surface area (Å²) in [7, 11) is 1.65. The molecule has 7 heteroatoms. The van der Waals surface area contributed by atoms with Crippen molar-refractivity contribution in [2.45, 2.75) is 20.3 Å². The Kier molecular flexibility index (Phi) is 6.84. The highest BCUT2D eigenvalue weighted by Gasteiger charge is 2.13. The lowest BCUT2D eigenvalue weighted by Gasteiger charge is -2.26. The Hall–Kier alpha value is -2.90. The minimum Gasteiger partial charge on any atom is -0.493 e. The fourth-order valence-corrected chi connectivity index (χ4v) is 3.69. The molecule has 1 N–H and O–H groups in total. The fraction of sp³-hybridized carbons (Fsp3) is 0.417. The van der Waals surface area contributed by atoms with Crippen LogP contribution in [0, 0.1) is 13.8 Å². The number of anilines is 2. The molecule has 2 heterocycles. The first-order valence-corrected chi connectivity index (χ1v) is 10.7. The molecule has 0 aliphatic carbocycles. The van der Waals surface area contributed by atoms with Crippen LogP contribution in [0.25, 0.3) is 10.9 Å². The van der Waals surface area contributed by atoms with Gasteiger partial charge in [0.2, 0.25) is 0 Å². The molecule has 1 saturated heterocycles. The van der Waals surface area contributed by atoms with Crippen LogP contribution in [0.1, 0.15) is 17.5 Å². The van der Waals surface area contributed by atoms with Crippen molar-refractivity contribution in [2.75, 3.05) is 51.9 Å². The van der Waals surface area contributed by atoms with Gasteiger partial charge >= 0.3 is 0 Å². The number of benzene rings is 2. The van der Waals surface area contributed by atoms with Crippen molar-refractivity contribution in [2.24, 2.45) is 0 Å². The average molecular weight is 423 g/mol. The maximum Gasteiger partial charge on any atom is 0.162 e. The second-order valence-electron chi connectivity index (χ2n) is 7.82. The average Bonchev–Trinajstić information content (AvgIpc) is 2.79. The van der Waals surface area contributed by atoms with Crippen molar-refractivity contribution in [3.63, 3.8) is 0 Å². The molecular formula is C24H30N4O3. The molecule has 0 spiro atoms. The number of hydrogen-bond donors (Lipinski definition) is 1. The second-order valence-corrected chi connectivity index (χ2v) is 7.82. The molecule has 4 rings (SSSR count). The van der Waals surface area contributed by atoms with Gasteiger partial charge in [-0.1, -0.05) is 6.07 Å². The van der Waals surface area contributed by atoms with Gasteiger partial charge in [0.1, 0.15) is 12.1 Å². The van der Waals surface area contributed by atoms with Gasteiger partial charge in [0.25, 0.3) is 0 Å². The van der Waals surface area contributed by atoms with Crippen molar-refractivity contribution >= 4 is 22.4 Å². The number of fused-ring (bicyclic) bond motifs is 1. The van der Waals surface area contributed by atoms with E-state index >= 15 is 0 Å². The third-order valence-electron chi connectivity index (χ3n) is 5.67. The maximum atomic E-state index is 6.10. The number of nitrogens with zero attached hydrogens (tertiary/aromatic N) is 3. The van der Waals surface area contributed by atoms with Crippen LogP contribution in [-0.4, -0.2) is 61.4 Å². The van der Waals surface area contributed by atoms with Crippen LogP contribution in [0.5, 0.6) is 11.5 Å². The molecule has 0 unspecified atom stereocenters. The summed E-state index contributed by atoms with van der Waals surface area (Å²) in [6.07, 6.45) is 2.51. The number of methoxy groups -OCH3 is 1. The third-order valence-corrected chi connectivity index (χ3v) is 5.67. The Morgan fingerprint density at radius 1 is 1.03 bits per heavy atom. The van der Waals surface area contributed by atoms with Crippen LogP contribution in [0.4, 0.5) is 11.5 Å². The van der Waals surface area contributed by atoms with Gasteiger partial charge in [-0.2, -0.15) is 0 Å². The lowest BCUT2D eigenvalue weighted by atomic mass is 10.1. The standard InChI is InChI=1S/C24H30N4O3/c1-17-5-6-19(13-18(17)2)27-24-20-14-23(22(29-3)15-21(20)25-16-26-24)31-10-4-7-28-8-11-30-12-9-28/h5-6,13-16H,4,7-12H2,1-3H3,(H,25,26,27). The van der Waals surface area contributed by atoms with Crippen LogP contribution < -0.4 is 14.8 Å². The highest BCUT2D eigenvalue weighted by Crippen LogP contribution is 2.35. The van der Waals surface area contributed by atoms with Crippen molar-refractivity contribution in [1.82, 2.24) is 14.9 Å². The number of aryl methyl sites for hydroxylation is 2. The van der Waals surface area contributed by atoms with E-state index in [1.807, 2.05) is 12.1 Å². The van der Waals surface area contributed by atoms with E-state index in [2.05, 4.69) is 52.2 Å². The summed E-state index contributed by atoms with van der Waals surface area (Å²) in [5, 5.41) is 4.32. The molecule has 31 heavy (non-hydrogen) atoms. The van der Waals surface area contributed by atoms with Gasteiger partial charge in [0.05, 0.1) is 32.4 Å². The quantitative estimate of drug-likeness (QED) is 0.548. The first-order chi connectivity index (χ1) is 15.1. The molecule has 164 valence electrons. The minimum absolute atomic E-state index is 0.618. The normalized spacial score (nSPS) is 14.5. The van der Waals surface area contributed by atoms with Crippen molar-refractivity contribution < 1.29 is 14.2 Å². The number of hydrogen-bond acceptors (Lipinski definition) is 7. The van der Waals surface area contributed by atoms with Crippen molar-refractivity contribution in [3.8, 4) is 11.5 Å². The number of nitrogens with one attached hydrogen (secondary N) is 1. The van der Waals surface area contributed by atoms with Gasteiger partial charge in [0, 0.05) is 36.8 Å². The van der Waals surface area contributed by atoms with E-state index in [0.29, 0.717) is 18.1 Å². The minimum atomic E-state index is 0.618. The predicted octanol–water partition coefficient (Wildman–Crippen LogP) is 4.10. The first-order valence-electron chi connectivity index (χ1n) is 10.7. The smallest absolute Gasteiger partial charge is 0.162 e. The largest absolute Gasteiger partial charge is 0.493 e. The zero-order valence-corrected chi connectivity index (χ0v) is 18.5. The third kappa shape index (κ3) is 5.24. The van der Waals surface area contributed by atoms with Crippen LogP contribution >= 0.6 is 0 Å². The summed E-state index contributed by atoms with van der Waals surface area (Å²) in [5.41, 5.74) is 4.29. The fourth-order valence-electron chi connectivity index (χ4n) is 3.69. The highest BCUT2D eigenvalue weighted by atomic mass is 16.5. The molecule has 7 nitrogen and oxygen atoms in total. The molecule has 1 fully saturated rings. The van der Waals surface area contributed by atoms with E-state index in [0.717, 1.165) is 61.7 Å². The Balaban J connectivity index is 1.51. The van der Waals surface area contributed by atoms with E-state index in [1.54, 1.807) is 13.4 Å². The Morgan fingerprint density at radius 2 is 1.87 bits per heavy atom. The summed E-state index contributed by atoms with van der Waals surface area (Å²) in [6, 6.07) is 10.2. The molecule has 1 aromatic heterocycles. The number of morpholine rings is 1. The van der Waals surface area contributed by atoms with E-state index in [1.165, 1.54) is 11.1 Å².